The summed E-state index contributed by atoms with van der Waals surface area (Å²) < 4.78 is 11.3. The van der Waals surface area contributed by atoms with Gasteiger partial charge in [-0.3, -0.25) is 9.59 Å². The molecule has 1 amide bonds. The van der Waals surface area contributed by atoms with E-state index in [-0.39, 0.29) is 25.1 Å². The number of rotatable bonds is 24. The van der Waals surface area contributed by atoms with E-state index in [0.29, 0.717) is 35.6 Å². The number of hydrogen-bond acceptors (Lipinski definition) is 4. The molecule has 55 heavy (non-hydrogen) atoms. The molecule has 0 heterocycles. The van der Waals surface area contributed by atoms with E-state index in [0.717, 1.165) is 60.8 Å². The second-order valence-corrected chi connectivity index (χ2v) is 12.6. The highest BCUT2D eigenvalue weighted by molar-refractivity contribution is 6.30. The van der Waals surface area contributed by atoms with E-state index >= 15 is 0 Å². The third-order valence-electron chi connectivity index (χ3n) is 7.68. The quantitative estimate of drug-likeness (QED) is 0.0380. The van der Waals surface area contributed by atoms with Gasteiger partial charge in [-0.1, -0.05) is 156 Å². The van der Waals surface area contributed by atoms with Crippen LogP contribution < -0.4 is 5.32 Å². The van der Waals surface area contributed by atoms with E-state index in [4.69, 9.17) is 21.1 Å². The number of halogens is 1. The average Bonchev–Trinajstić information content (AvgIpc) is 3.18. The van der Waals surface area contributed by atoms with Crippen LogP contribution in [0.5, 0.6) is 0 Å². The highest BCUT2D eigenvalue weighted by atomic mass is 35.5. The Labute approximate surface area is 339 Å². The van der Waals surface area contributed by atoms with Gasteiger partial charge in [0.25, 0.3) is 5.91 Å². The number of hydrogen-bond donors (Lipinski definition) is 1. The third-order valence-corrected chi connectivity index (χ3v) is 7.93. The van der Waals surface area contributed by atoms with Gasteiger partial charge in [-0.2, -0.15) is 0 Å². The van der Waals surface area contributed by atoms with Gasteiger partial charge in [0.2, 0.25) is 0 Å². The largest absolute Gasteiger partial charge is 0.493 e. The number of esters is 1. The average molecular weight is 771 g/mol. The molecule has 2 rings (SSSR count). The first-order valence-corrected chi connectivity index (χ1v) is 20.3. The zero-order valence-corrected chi connectivity index (χ0v) is 35.5. The Balaban J connectivity index is 0.00000704. The van der Waals surface area contributed by atoms with Crippen molar-refractivity contribution in [3.8, 4) is 0 Å². The summed E-state index contributed by atoms with van der Waals surface area (Å²) in [5.41, 5.74) is 4.50. The number of amides is 1. The molecule has 0 aliphatic carbocycles. The number of ether oxygens (including phenoxy) is 2. The monoisotopic (exact) mass is 769 g/mol. The van der Waals surface area contributed by atoms with Gasteiger partial charge in [0.1, 0.15) is 19.0 Å². The van der Waals surface area contributed by atoms with Crippen LogP contribution in [0, 0.1) is 6.92 Å². The molecule has 5 nitrogen and oxygen atoms in total. The Kier molecular flexibility index (Phi) is 31.1. The minimum absolute atomic E-state index is 0.0869. The number of unbranched alkanes of at least 4 members (excludes halogenated alkanes) is 1. The van der Waals surface area contributed by atoms with E-state index in [9.17, 15) is 9.59 Å². The first-order valence-electron chi connectivity index (χ1n) is 19.9. The minimum Gasteiger partial charge on any atom is -0.493 e. The minimum atomic E-state index is -0.558. The molecule has 0 spiro atoms. The second-order valence-electron chi connectivity index (χ2n) is 12.2. The molecule has 1 unspecified atom stereocenters. The Morgan fingerprint density at radius 3 is 1.84 bits per heavy atom. The van der Waals surface area contributed by atoms with Crippen LogP contribution in [0.2, 0.25) is 5.02 Å². The summed E-state index contributed by atoms with van der Waals surface area (Å²) >= 11 is 6.03. The van der Waals surface area contributed by atoms with Crippen molar-refractivity contribution in [2.45, 2.75) is 112 Å². The first kappa shape index (κ1) is 50.4. The van der Waals surface area contributed by atoms with Crippen LogP contribution in [0.3, 0.4) is 0 Å². The van der Waals surface area contributed by atoms with Gasteiger partial charge in [-0.15, -0.1) is 0 Å². The predicted molar refractivity (Wildman–Crippen MR) is 238 cm³/mol. The fraction of sp³-hybridized carbons (Fsp3) is 0.388. The van der Waals surface area contributed by atoms with Crippen LogP contribution in [-0.2, 0) is 14.3 Å². The van der Waals surface area contributed by atoms with Gasteiger partial charge in [0.05, 0.1) is 6.04 Å². The first-order chi connectivity index (χ1) is 26.7. The van der Waals surface area contributed by atoms with Gasteiger partial charge in [0.15, 0.2) is 0 Å². The van der Waals surface area contributed by atoms with Crippen LogP contribution in [0.15, 0.2) is 140 Å². The number of carbonyl (C=O) groups is 2. The van der Waals surface area contributed by atoms with E-state index in [2.05, 4.69) is 86.2 Å². The van der Waals surface area contributed by atoms with Gasteiger partial charge in [-0.25, -0.2) is 0 Å². The Bertz CT molecular complexity index is 1560. The van der Waals surface area contributed by atoms with Crippen molar-refractivity contribution in [2.75, 3.05) is 13.2 Å². The molecule has 300 valence electrons. The van der Waals surface area contributed by atoms with Gasteiger partial charge < -0.3 is 14.8 Å². The van der Waals surface area contributed by atoms with E-state index in [1.54, 1.807) is 24.3 Å². The lowest BCUT2D eigenvalue weighted by Gasteiger charge is -2.24. The van der Waals surface area contributed by atoms with Crippen LogP contribution in [0.1, 0.15) is 121 Å². The highest BCUT2D eigenvalue weighted by Gasteiger charge is 2.21. The summed E-state index contributed by atoms with van der Waals surface area (Å²) in [6.07, 6.45) is 30.8. The van der Waals surface area contributed by atoms with Crippen molar-refractivity contribution in [3.05, 3.63) is 162 Å². The molecule has 2 aromatic rings. The van der Waals surface area contributed by atoms with Gasteiger partial charge in [-0.05, 0) is 99.8 Å². The molecular formula is C49H68ClNO4. The molecule has 0 saturated carbocycles. The standard InChI is InChI=1S/C45H56ClNO4.2C2H6/c1-6-7-8-9-10-11-12-13-14-15-16-17-18-19-20-21-22-27-44(48)51-33-32-50-38(5)43(47-45(49)39-28-30-41(46)31-29-39)35-40(34-36(2)3)42-26-24-23-25-37(42)4;2*1-2/h7-8,10-11,13-14,16-17,19-20,23-26,28-31,34,43H,2,5-6,9,12,15,18,21-22,27,32-33,35H2,1,3-4H3,(H,47,49);2*1-2H3/b8-7-,11-10-,14-13-,17-16-,20-19-,40-34-;;. The maximum atomic E-state index is 13.2. The van der Waals surface area contributed by atoms with Crippen molar-refractivity contribution in [1.82, 2.24) is 5.32 Å². The Morgan fingerprint density at radius 1 is 0.764 bits per heavy atom. The van der Waals surface area contributed by atoms with Crippen LogP contribution in [-0.4, -0.2) is 31.1 Å². The van der Waals surface area contributed by atoms with Crippen molar-refractivity contribution in [1.29, 1.82) is 0 Å². The summed E-state index contributed by atoms with van der Waals surface area (Å²) in [6.45, 7) is 22.5. The molecule has 1 N–H and O–H groups in total. The van der Waals surface area contributed by atoms with E-state index in [1.165, 1.54) is 0 Å². The SMILES string of the molecule is C=C(C)/C=C(/CC(NC(=O)c1ccc(Cl)cc1)C(=C)OCCOC(=O)CCC/C=C\C/C=C\C/C=C\C/C=C\C/C=C\CC)c1ccccc1C.CC.CC. The van der Waals surface area contributed by atoms with Crippen molar-refractivity contribution < 1.29 is 19.1 Å². The number of carbonyl (C=O) groups excluding carboxylic acids is 2. The molecule has 0 aliphatic heterocycles. The molecule has 0 saturated heterocycles. The smallest absolute Gasteiger partial charge is 0.305 e. The summed E-state index contributed by atoms with van der Waals surface area (Å²) in [5, 5.41) is 3.61. The molecule has 0 aromatic heterocycles. The zero-order chi connectivity index (χ0) is 41.1. The third kappa shape index (κ3) is 25.2. The molecule has 0 radical (unpaired) electrons. The second kappa shape index (κ2) is 33.9. The lowest BCUT2D eigenvalue weighted by molar-refractivity contribution is -0.144. The van der Waals surface area contributed by atoms with Gasteiger partial charge >= 0.3 is 5.97 Å². The maximum Gasteiger partial charge on any atom is 0.305 e. The molecule has 0 fully saturated rings. The lowest BCUT2D eigenvalue weighted by atomic mass is 9.93. The molecule has 0 aliphatic rings. The molecule has 0 bridgehead atoms. The number of allylic oxidation sites excluding steroid dienone is 12. The topological polar surface area (TPSA) is 64.6 Å². The number of nitrogens with one attached hydrogen (secondary N) is 1. The molecular weight excluding hydrogens is 702 g/mol. The molecule has 1 atom stereocenters. The van der Waals surface area contributed by atoms with Crippen LogP contribution in [0.4, 0.5) is 0 Å². The lowest BCUT2D eigenvalue weighted by Crippen LogP contribution is -2.37. The van der Waals surface area contributed by atoms with Crippen molar-refractivity contribution in [2.24, 2.45) is 0 Å². The number of aryl methyl sites for hydroxylation is 1. The van der Waals surface area contributed by atoms with E-state index < -0.39 is 6.04 Å². The predicted octanol–water partition coefficient (Wildman–Crippen LogP) is 13.8. The maximum absolute atomic E-state index is 13.2. The summed E-state index contributed by atoms with van der Waals surface area (Å²) in [6, 6.07) is 14.2. The fourth-order valence-corrected chi connectivity index (χ4v) is 5.15. The normalized spacial score (nSPS) is 12.0. The zero-order valence-electron chi connectivity index (χ0n) is 34.8. The fourth-order valence-electron chi connectivity index (χ4n) is 5.02. The Morgan fingerprint density at radius 2 is 1.29 bits per heavy atom. The number of benzene rings is 2. The summed E-state index contributed by atoms with van der Waals surface area (Å²) in [7, 11) is 0. The van der Waals surface area contributed by atoms with E-state index in [1.807, 2.05) is 71.9 Å². The molecule has 2 aromatic carbocycles. The summed E-state index contributed by atoms with van der Waals surface area (Å²) in [5.74, 6) is -0.178. The Hall–Kier alpha value is -4.61. The van der Waals surface area contributed by atoms with Crippen LogP contribution >= 0.6 is 11.6 Å². The van der Waals surface area contributed by atoms with Gasteiger partial charge in [0, 0.05) is 23.4 Å². The van der Waals surface area contributed by atoms with Crippen LogP contribution in [0.25, 0.3) is 5.57 Å². The van der Waals surface area contributed by atoms with Crippen molar-refractivity contribution in [3.63, 3.8) is 0 Å². The molecule has 6 heteroatoms. The summed E-state index contributed by atoms with van der Waals surface area (Å²) in [4.78, 5) is 25.5. The highest BCUT2D eigenvalue weighted by Crippen LogP contribution is 2.27. The van der Waals surface area contributed by atoms with Crippen molar-refractivity contribution >= 4 is 29.1 Å².